The minimum Gasteiger partial charge on any atom is -0.318 e. The summed E-state index contributed by atoms with van der Waals surface area (Å²) in [6, 6.07) is 0. The van der Waals surface area contributed by atoms with Gasteiger partial charge in [-0.1, -0.05) is 6.92 Å². The molecule has 0 amide bonds. The molecule has 0 aromatic rings. The highest BCUT2D eigenvalue weighted by atomic mass is 15.1. The van der Waals surface area contributed by atoms with Crippen molar-refractivity contribution in [2.24, 2.45) is 0 Å². The Morgan fingerprint density at radius 1 is 1.44 bits per heavy atom. The molecule has 0 radical (unpaired) electrons. The van der Waals surface area contributed by atoms with Gasteiger partial charge in [-0.3, -0.25) is 0 Å². The van der Waals surface area contributed by atoms with E-state index in [1.54, 1.807) is 0 Å². The molecule has 0 aromatic heterocycles. The van der Waals surface area contributed by atoms with Crippen molar-refractivity contribution in [2.75, 3.05) is 20.1 Å². The Balaban J connectivity index is 2.17. The third-order valence-electron chi connectivity index (χ3n) is 1.92. The average Bonchev–Trinajstić information content (AvgIpc) is 2.51. The smallest absolute Gasteiger partial charge is 0.0307 e. The molecule has 0 spiro atoms. The Labute approximate surface area is 57.0 Å². The largest absolute Gasteiger partial charge is 0.318 e. The highest BCUT2D eigenvalue weighted by Crippen LogP contribution is 2.33. The van der Waals surface area contributed by atoms with Crippen molar-refractivity contribution >= 4 is 0 Å². The van der Waals surface area contributed by atoms with Crippen LogP contribution in [0, 0.1) is 0 Å². The first-order valence-corrected chi connectivity index (χ1v) is 3.72. The molecule has 0 atom stereocenters. The maximum atomic E-state index is 3.47. The fourth-order valence-corrected chi connectivity index (χ4v) is 1.28. The second kappa shape index (κ2) is 2.67. The van der Waals surface area contributed by atoms with Crippen LogP contribution in [-0.4, -0.2) is 25.7 Å². The van der Waals surface area contributed by atoms with E-state index < -0.39 is 0 Å². The SMILES string of the molecule is CCNC1(CNC)CC1. The second-order valence-corrected chi connectivity index (χ2v) is 2.84. The maximum Gasteiger partial charge on any atom is 0.0307 e. The summed E-state index contributed by atoms with van der Waals surface area (Å²) >= 11 is 0. The second-order valence-electron chi connectivity index (χ2n) is 2.84. The van der Waals surface area contributed by atoms with Crippen LogP contribution >= 0.6 is 0 Å². The zero-order valence-electron chi connectivity index (χ0n) is 6.33. The van der Waals surface area contributed by atoms with Gasteiger partial charge in [0.15, 0.2) is 0 Å². The van der Waals surface area contributed by atoms with Gasteiger partial charge in [0, 0.05) is 12.1 Å². The zero-order valence-corrected chi connectivity index (χ0v) is 6.33. The fourth-order valence-electron chi connectivity index (χ4n) is 1.28. The van der Waals surface area contributed by atoms with Crippen molar-refractivity contribution in [3.05, 3.63) is 0 Å². The maximum absolute atomic E-state index is 3.47. The molecule has 54 valence electrons. The van der Waals surface area contributed by atoms with Crippen LogP contribution in [0.4, 0.5) is 0 Å². The molecule has 0 saturated heterocycles. The molecule has 0 bridgehead atoms. The van der Waals surface area contributed by atoms with E-state index in [1.807, 2.05) is 7.05 Å². The number of likely N-dealkylation sites (N-methyl/N-ethyl adjacent to an activating group) is 2. The molecule has 1 aliphatic rings. The lowest BCUT2D eigenvalue weighted by Crippen LogP contribution is -2.39. The highest BCUT2D eigenvalue weighted by Gasteiger charge is 2.40. The average molecular weight is 128 g/mol. The van der Waals surface area contributed by atoms with E-state index in [0.717, 1.165) is 13.1 Å². The normalized spacial score (nSPS) is 22.0. The van der Waals surface area contributed by atoms with Crippen LogP contribution in [0.5, 0.6) is 0 Å². The van der Waals surface area contributed by atoms with Crippen LogP contribution < -0.4 is 10.6 Å². The number of hydrogen-bond acceptors (Lipinski definition) is 2. The Morgan fingerprint density at radius 3 is 2.44 bits per heavy atom. The van der Waals surface area contributed by atoms with Crippen molar-refractivity contribution in [2.45, 2.75) is 25.3 Å². The van der Waals surface area contributed by atoms with Gasteiger partial charge in [0.2, 0.25) is 0 Å². The van der Waals surface area contributed by atoms with E-state index in [1.165, 1.54) is 12.8 Å². The molecule has 0 heterocycles. The number of rotatable bonds is 4. The predicted octanol–water partition coefficient (Wildman–Crippen LogP) is 0.348. The van der Waals surface area contributed by atoms with Gasteiger partial charge in [0.05, 0.1) is 0 Å². The lowest BCUT2D eigenvalue weighted by molar-refractivity contribution is 0.490. The fraction of sp³-hybridized carbons (Fsp3) is 1.00. The molecule has 2 heteroatoms. The summed E-state index contributed by atoms with van der Waals surface area (Å²) in [5.41, 5.74) is 0.490. The summed E-state index contributed by atoms with van der Waals surface area (Å²) in [5, 5.41) is 6.66. The standard InChI is InChI=1S/C7H16N2/c1-3-9-7(4-5-7)6-8-2/h8-9H,3-6H2,1-2H3. The first kappa shape index (κ1) is 7.03. The Bertz CT molecular complexity index is 78.9. The summed E-state index contributed by atoms with van der Waals surface area (Å²) in [6.07, 6.45) is 2.70. The van der Waals surface area contributed by atoms with Gasteiger partial charge in [-0.15, -0.1) is 0 Å². The molecule has 2 N–H and O–H groups in total. The summed E-state index contributed by atoms with van der Waals surface area (Å²) < 4.78 is 0. The molecule has 0 unspecified atom stereocenters. The third kappa shape index (κ3) is 1.66. The molecule has 1 aliphatic carbocycles. The predicted molar refractivity (Wildman–Crippen MR) is 39.6 cm³/mol. The van der Waals surface area contributed by atoms with E-state index in [0.29, 0.717) is 5.54 Å². The zero-order chi connectivity index (χ0) is 6.74. The summed E-state index contributed by atoms with van der Waals surface area (Å²) in [4.78, 5) is 0. The Morgan fingerprint density at radius 2 is 2.11 bits per heavy atom. The van der Waals surface area contributed by atoms with E-state index in [2.05, 4.69) is 17.6 Å². The van der Waals surface area contributed by atoms with E-state index in [9.17, 15) is 0 Å². The van der Waals surface area contributed by atoms with E-state index in [-0.39, 0.29) is 0 Å². The van der Waals surface area contributed by atoms with Crippen LogP contribution in [0.3, 0.4) is 0 Å². The lowest BCUT2D eigenvalue weighted by Gasteiger charge is -2.14. The molecule has 2 nitrogen and oxygen atoms in total. The Kier molecular flexibility index (Phi) is 2.09. The summed E-state index contributed by atoms with van der Waals surface area (Å²) in [6.45, 7) is 4.39. The van der Waals surface area contributed by atoms with Gasteiger partial charge in [0.1, 0.15) is 0 Å². The summed E-state index contributed by atoms with van der Waals surface area (Å²) in [5.74, 6) is 0. The molecule has 0 aliphatic heterocycles. The highest BCUT2D eigenvalue weighted by molar-refractivity contribution is 5.02. The van der Waals surface area contributed by atoms with Crippen LogP contribution in [0.25, 0.3) is 0 Å². The van der Waals surface area contributed by atoms with Gasteiger partial charge in [-0.25, -0.2) is 0 Å². The van der Waals surface area contributed by atoms with Crippen molar-refractivity contribution in [3.8, 4) is 0 Å². The van der Waals surface area contributed by atoms with Crippen LogP contribution in [0.1, 0.15) is 19.8 Å². The third-order valence-corrected chi connectivity index (χ3v) is 1.92. The minimum absolute atomic E-state index is 0.490. The van der Waals surface area contributed by atoms with E-state index in [4.69, 9.17) is 0 Å². The van der Waals surface area contributed by atoms with E-state index >= 15 is 0 Å². The van der Waals surface area contributed by atoms with Crippen molar-refractivity contribution in [1.29, 1.82) is 0 Å². The van der Waals surface area contributed by atoms with Crippen molar-refractivity contribution in [1.82, 2.24) is 10.6 Å². The molecule has 1 rings (SSSR count). The molecular formula is C7H16N2. The topological polar surface area (TPSA) is 24.1 Å². The first-order valence-electron chi connectivity index (χ1n) is 3.72. The quantitative estimate of drug-likeness (QED) is 0.571. The van der Waals surface area contributed by atoms with Crippen molar-refractivity contribution < 1.29 is 0 Å². The Hall–Kier alpha value is -0.0800. The van der Waals surface area contributed by atoms with Gasteiger partial charge in [0.25, 0.3) is 0 Å². The number of hydrogen-bond donors (Lipinski definition) is 2. The molecule has 1 saturated carbocycles. The van der Waals surface area contributed by atoms with Gasteiger partial charge in [-0.05, 0) is 26.4 Å². The van der Waals surface area contributed by atoms with Crippen molar-refractivity contribution in [3.63, 3.8) is 0 Å². The minimum atomic E-state index is 0.490. The van der Waals surface area contributed by atoms with Crippen LogP contribution in [0.2, 0.25) is 0 Å². The van der Waals surface area contributed by atoms with Gasteiger partial charge >= 0.3 is 0 Å². The number of nitrogens with one attached hydrogen (secondary N) is 2. The summed E-state index contributed by atoms with van der Waals surface area (Å²) in [7, 11) is 2.01. The monoisotopic (exact) mass is 128 g/mol. The molecular weight excluding hydrogens is 112 g/mol. The van der Waals surface area contributed by atoms with Gasteiger partial charge < -0.3 is 10.6 Å². The molecule has 9 heavy (non-hydrogen) atoms. The first-order chi connectivity index (χ1) is 4.33. The molecule has 0 aromatic carbocycles. The van der Waals surface area contributed by atoms with Gasteiger partial charge in [-0.2, -0.15) is 0 Å². The van der Waals surface area contributed by atoms with Crippen LogP contribution in [0.15, 0.2) is 0 Å². The lowest BCUT2D eigenvalue weighted by atomic mass is 10.3. The van der Waals surface area contributed by atoms with Crippen LogP contribution in [-0.2, 0) is 0 Å². The molecule has 1 fully saturated rings.